The minimum absolute atomic E-state index is 0.0469. The molecule has 3 aromatic rings. The maximum atomic E-state index is 11.8. The van der Waals surface area contributed by atoms with Gasteiger partial charge in [-0.05, 0) is 42.0 Å². The molecule has 0 spiro atoms. The number of rotatable bonds is 6. The number of hydrogen-bond donors (Lipinski definition) is 0. The van der Waals surface area contributed by atoms with Crippen molar-refractivity contribution in [1.82, 2.24) is 0 Å². The van der Waals surface area contributed by atoms with Crippen LogP contribution in [0.2, 0.25) is 0 Å². The minimum atomic E-state index is -1.33. The SMILES string of the molecule is COC(=O)C1(C)OCC(c2ccc(OCCN3c4ccccc4Sc4ccccc43)cc2)CO1. The van der Waals surface area contributed by atoms with Crippen molar-refractivity contribution in [2.24, 2.45) is 0 Å². The van der Waals surface area contributed by atoms with Gasteiger partial charge in [0, 0.05) is 22.6 Å². The van der Waals surface area contributed by atoms with Crippen LogP contribution in [-0.4, -0.2) is 45.2 Å². The molecule has 0 aromatic heterocycles. The van der Waals surface area contributed by atoms with Gasteiger partial charge < -0.3 is 23.8 Å². The molecule has 2 aliphatic rings. The minimum Gasteiger partial charge on any atom is -0.492 e. The van der Waals surface area contributed by atoms with Crippen molar-refractivity contribution in [3.8, 4) is 5.75 Å². The first-order valence-corrected chi connectivity index (χ1v) is 12.1. The molecule has 0 aliphatic carbocycles. The van der Waals surface area contributed by atoms with Crippen LogP contribution in [0.5, 0.6) is 5.75 Å². The Morgan fingerprint density at radius 1 is 0.971 bits per heavy atom. The van der Waals surface area contributed by atoms with Gasteiger partial charge in [-0.1, -0.05) is 48.2 Å². The highest BCUT2D eigenvalue weighted by Gasteiger charge is 2.41. The monoisotopic (exact) mass is 477 g/mol. The fourth-order valence-corrected chi connectivity index (χ4v) is 5.31. The molecule has 7 heteroatoms. The second-order valence-corrected chi connectivity index (χ2v) is 9.45. The van der Waals surface area contributed by atoms with Gasteiger partial charge in [0.2, 0.25) is 0 Å². The molecule has 0 atom stereocenters. The van der Waals surface area contributed by atoms with Crippen molar-refractivity contribution in [3.05, 3.63) is 78.4 Å². The molecule has 34 heavy (non-hydrogen) atoms. The van der Waals surface area contributed by atoms with Gasteiger partial charge in [-0.3, -0.25) is 0 Å². The number of fused-ring (bicyclic) bond motifs is 2. The van der Waals surface area contributed by atoms with Gasteiger partial charge in [0.25, 0.3) is 5.79 Å². The number of nitrogens with zero attached hydrogens (tertiary/aromatic N) is 1. The summed E-state index contributed by atoms with van der Waals surface area (Å²) >= 11 is 1.81. The third kappa shape index (κ3) is 4.51. The summed E-state index contributed by atoms with van der Waals surface area (Å²) in [6.07, 6.45) is 0. The standard InChI is InChI=1S/C27H27NO5S/c1-27(26(29)30-2)32-17-20(18-33-27)19-11-13-21(14-12-19)31-16-15-28-22-7-3-5-9-24(22)34-25-10-6-4-8-23(25)28/h3-14,20H,15-18H2,1-2H3. The Kier molecular flexibility index (Phi) is 6.50. The third-order valence-corrected chi connectivity index (χ3v) is 7.27. The Hall–Kier alpha value is -3.00. The lowest BCUT2D eigenvalue weighted by molar-refractivity contribution is -0.264. The van der Waals surface area contributed by atoms with E-state index in [1.54, 1.807) is 18.7 Å². The van der Waals surface area contributed by atoms with Gasteiger partial charge in [-0.25, -0.2) is 4.79 Å². The lowest BCUT2D eigenvalue weighted by atomic mass is 9.99. The highest BCUT2D eigenvalue weighted by Crippen LogP contribution is 2.47. The van der Waals surface area contributed by atoms with Gasteiger partial charge in [0.15, 0.2) is 0 Å². The van der Waals surface area contributed by atoms with Crippen LogP contribution in [0.25, 0.3) is 0 Å². The van der Waals surface area contributed by atoms with Gasteiger partial charge in [0.05, 0.1) is 38.2 Å². The van der Waals surface area contributed by atoms with E-state index in [0.717, 1.165) is 17.9 Å². The number of hydrogen-bond acceptors (Lipinski definition) is 7. The lowest BCUT2D eigenvalue weighted by Gasteiger charge is -2.35. The second-order valence-electron chi connectivity index (χ2n) is 8.36. The maximum Gasteiger partial charge on any atom is 0.366 e. The topological polar surface area (TPSA) is 57.2 Å². The third-order valence-electron chi connectivity index (χ3n) is 6.14. The molecule has 6 nitrogen and oxygen atoms in total. The molecule has 5 rings (SSSR count). The van der Waals surface area contributed by atoms with Crippen LogP contribution < -0.4 is 9.64 Å². The number of para-hydroxylation sites is 2. The Morgan fingerprint density at radius 3 is 2.15 bits per heavy atom. The molecule has 2 aliphatic heterocycles. The quantitative estimate of drug-likeness (QED) is 0.441. The van der Waals surface area contributed by atoms with Crippen LogP contribution in [0.1, 0.15) is 18.4 Å². The molecular weight excluding hydrogens is 450 g/mol. The summed E-state index contributed by atoms with van der Waals surface area (Å²) < 4.78 is 22.2. The fraction of sp³-hybridized carbons (Fsp3) is 0.296. The number of carbonyl (C=O) groups is 1. The molecule has 0 unspecified atom stereocenters. The van der Waals surface area contributed by atoms with Crippen LogP contribution in [0.4, 0.5) is 11.4 Å². The molecule has 0 amide bonds. The van der Waals surface area contributed by atoms with E-state index in [9.17, 15) is 4.79 Å². The number of anilines is 2. The number of methoxy groups -OCH3 is 1. The van der Waals surface area contributed by atoms with E-state index in [1.165, 1.54) is 28.3 Å². The molecular formula is C27H27NO5S. The lowest BCUT2D eigenvalue weighted by Crippen LogP contribution is -2.47. The van der Waals surface area contributed by atoms with E-state index in [4.69, 9.17) is 18.9 Å². The highest BCUT2D eigenvalue weighted by molar-refractivity contribution is 7.99. The van der Waals surface area contributed by atoms with E-state index >= 15 is 0 Å². The van der Waals surface area contributed by atoms with E-state index in [1.807, 2.05) is 24.3 Å². The van der Waals surface area contributed by atoms with E-state index < -0.39 is 11.8 Å². The largest absolute Gasteiger partial charge is 0.492 e. The molecule has 1 fully saturated rings. The molecule has 176 valence electrons. The number of carbonyl (C=O) groups excluding carboxylic acids is 1. The van der Waals surface area contributed by atoms with E-state index in [0.29, 0.717) is 19.8 Å². The van der Waals surface area contributed by atoms with Crippen LogP contribution in [0, 0.1) is 0 Å². The predicted molar refractivity (Wildman–Crippen MR) is 131 cm³/mol. The van der Waals surface area contributed by atoms with Crippen molar-refractivity contribution in [1.29, 1.82) is 0 Å². The van der Waals surface area contributed by atoms with Gasteiger partial charge >= 0.3 is 5.97 Å². The summed E-state index contributed by atoms with van der Waals surface area (Å²) in [5, 5.41) is 0. The Morgan fingerprint density at radius 2 is 1.56 bits per heavy atom. The second kappa shape index (κ2) is 9.70. The van der Waals surface area contributed by atoms with Gasteiger partial charge in [-0.2, -0.15) is 0 Å². The van der Waals surface area contributed by atoms with Crippen molar-refractivity contribution in [2.75, 3.05) is 38.4 Å². The molecule has 3 aromatic carbocycles. The normalized spacial score (nSPS) is 21.4. The summed E-state index contributed by atoms with van der Waals surface area (Å²) in [7, 11) is 1.33. The number of benzene rings is 3. The van der Waals surface area contributed by atoms with Crippen LogP contribution in [0.3, 0.4) is 0 Å². The molecule has 2 heterocycles. The van der Waals surface area contributed by atoms with Gasteiger partial charge in [0.1, 0.15) is 12.4 Å². The maximum absolute atomic E-state index is 11.8. The summed E-state index contributed by atoms with van der Waals surface area (Å²) in [4.78, 5) is 16.7. The first-order chi connectivity index (χ1) is 16.6. The molecule has 0 radical (unpaired) electrons. The predicted octanol–water partition coefficient (Wildman–Crippen LogP) is 5.39. The zero-order chi connectivity index (χ0) is 23.5. The van der Waals surface area contributed by atoms with Crippen LogP contribution >= 0.6 is 11.8 Å². The Labute approximate surface area is 203 Å². The average molecular weight is 478 g/mol. The molecule has 1 saturated heterocycles. The van der Waals surface area contributed by atoms with Crippen molar-refractivity contribution >= 4 is 29.1 Å². The van der Waals surface area contributed by atoms with Gasteiger partial charge in [-0.15, -0.1) is 0 Å². The van der Waals surface area contributed by atoms with E-state index in [-0.39, 0.29) is 5.92 Å². The zero-order valence-electron chi connectivity index (χ0n) is 19.2. The number of ether oxygens (including phenoxy) is 4. The number of esters is 1. The Balaban J connectivity index is 1.20. The summed E-state index contributed by atoms with van der Waals surface area (Å²) in [6.45, 7) is 3.66. The summed E-state index contributed by atoms with van der Waals surface area (Å²) in [5.74, 6) is -0.995. The zero-order valence-corrected chi connectivity index (χ0v) is 20.0. The molecule has 0 bridgehead atoms. The van der Waals surface area contributed by atoms with Crippen LogP contribution in [-0.2, 0) is 19.0 Å². The van der Waals surface area contributed by atoms with Crippen molar-refractivity contribution in [2.45, 2.75) is 28.4 Å². The highest BCUT2D eigenvalue weighted by atomic mass is 32.2. The Bertz CT molecular complexity index is 1110. The van der Waals surface area contributed by atoms with E-state index in [2.05, 4.69) is 53.4 Å². The van der Waals surface area contributed by atoms with Crippen molar-refractivity contribution in [3.63, 3.8) is 0 Å². The van der Waals surface area contributed by atoms with Crippen LogP contribution in [0.15, 0.2) is 82.6 Å². The molecule has 0 N–H and O–H groups in total. The molecule has 0 saturated carbocycles. The average Bonchev–Trinajstić information content (AvgIpc) is 2.88. The summed E-state index contributed by atoms with van der Waals surface area (Å²) in [6, 6.07) is 24.9. The smallest absolute Gasteiger partial charge is 0.366 e. The first kappa shape index (κ1) is 22.8. The fourth-order valence-electron chi connectivity index (χ4n) is 4.22. The summed E-state index contributed by atoms with van der Waals surface area (Å²) in [5.41, 5.74) is 3.50. The van der Waals surface area contributed by atoms with Crippen molar-refractivity contribution < 1.29 is 23.7 Å². The first-order valence-electron chi connectivity index (χ1n) is 11.3.